The summed E-state index contributed by atoms with van der Waals surface area (Å²) in [6.07, 6.45) is 19.3. The van der Waals surface area contributed by atoms with Crippen LogP contribution in [0.5, 0.6) is 0 Å². The zero-order chi connectivity index (χ0) is 38.5. The number of rotatable bonds is 7. The number of para-hydroxylation sites is 1. The number of benzene rings is 2. The van der Waals surface area contributed by atoms with Gasteiger partial charge in [-0.2, -0.15) is 0 Å². The van der Waals surface area contributed by atoms with Crippen LogP contribution in [0.15, 0.2) is 60.8 Å². The molecule has 3 aromatic rings. The van der Waals surface area contributed by atoms with Crippen molar-refractivity contribution in [1.29, 1.82) is 0 Å². The number of nitrogens with one attached hydrogen (secondary N) is 1. The molecule has 290 valence electrons. The number of fused-ring (bicyclic) bond motifs is 1. The Balaban J connectivity index is 0.000000237. The molecule has 0 radical (unpaired) electrons. The van der Waals surface area contributed by atoms with Gasteiger partial charge in [0, 0.05) is 17.1 Å². The van der Waals surface area contributed by atoms with Crippen LogP contribution in [0.4, 0.5) is 0 Å². The zero-order valence-electron chi connectivity index (χ0n) is 36.6. The van der Waals surface area contributed by atoms with Crippen LogP contribution in [-0.2, 0) is 12.8 Å². The Morgan fingerprint density at radius 1 is 0.549 bits per heavy atom. The van der Waals surface area contributed by atoms with Gasteiger partial charge >= 0.3 is 0 Å². The molecule has 1 aromatic heterocycles. The number of hydrogen-bond donors (Lipinski definition) is 1. The molecular formula is C50H85N. The standard InChI is InChI=1S/C13H17N.C13H26.C13H20.C11H22/c1-13(2,3)8-10-9-14-12-7-5-4-6-11(10)12;2*1-11(13(2,3)4)10-12-8-6-5-7-9-12;1-9(11(2,3)4)8-10-6-5-7-10/h4-7,9,14H,8H2,1-3H3;11-12H,5-10H2,1-4H3;5-9,11H,10H2,1-4H3;9-10H,5-8H2,1-4H3. The van der Waals surface area contributed by atoms with E-state index in [1.54, 1.807) is 0 Å². The summed E-state index contributed by atoms with van der Waals surface area (Å²) in [5, 5.41) is 1.36. The van der Waals surface area contributed by atoms with E-state index in [0.717, 1.165) is 36.0 Å². The summed E-state index contributed by atoms with van der Waals surface area (Å²) in [5.74, 6) is 4.63. The predicted octanol–water partition coefficient (Wildman–Crippen LogP) is 16.2. The van der Waals surface area contributed by atoms with Gasteiger partial charge in [0.15, 0.2) is 0 Å². The quantitative estimate of drug-likeness (QED) is 0.253. The summed E-state index contributed by atoms with van der Waals surface area (Å²) in [5.41, 5.74) is 5.91. The van der Waals surface area contributed by atoms with Crippen molar-refractivity contribution < 1.29 is 0 Å². The van der Waals surface area contributed by atoms with Crippen molar-refractivity contribution in [3.63, 3.8) is 0 Å². The summed E-state index contributed by atoms with van der Waals surface area (Å²) in [6, 6.07) is 19.2. The molecule has 0 bridgehead atoms. The maximum atomic E-state index is 3.31. The minimum Gasteiger partial charge on any atom is -0.361 e. The molecule has 0 spiro atoms. The minimum absolute atomic E-state index is 0.352. The molecule has 0 amide bonds. The zero-order valence-corrected chi connectivity index (χ0v) is 36.6. The molecule has 3 atom stereocenters. The lowest BCUT2D eigenvalue weighted by molar-refractivity contribution is 0.171. The van der Waals surface area contributed by atoms with Crippen LogP contribution in [0, 0.1) is 51.2 Å². The van der Waals surface area contributed by atoms with Gasteiger partial charge in [-0.1, -0.05) is 204 Å². The smallest absolute Gasteiger partial charge is 0.0456 e. The Morgan fingerprint density at radius 2 is 1.00 bits per heavy atom. The normalized spacial score (nSPS) is 17.8. The molecule has 0 saturated heterocycles. The summed E-state index contributed by atoms with van der Waals surface area (Å²) >= 11 is 0. The van der Waals surface area contributed by atoms with Crippen molar-refractivity contribution in [2.45, 2.75) is 181 Å². The predicted molar refractivity (Wildman–Crippen MR) is 231 cm³/mol. The lowest BCUT2D eigenvalue weighted by atomic mass is 9.72. The maximum Gasteiger partial charge on any atom is 0.0456 e. The van der Waals surface area contributed by atoms with Crippen LogP contribution in [-0.4, -0.2) is 4.98 Å². The molecule has 1 heteroatoms. The van der Waals surface area contributed by atoms with Gasteiger partial charge in [0.05, 0.1) is 0 Å². The highest BCUT2D eigenvalue weighted by atomic mass is 14.7. The highest BCUT2D eigenvalue weighted by Gasteiger charge is 2.27. The third-order valence-electron chi connectivity index (χ3n) is 12.5. The van der Waals surface area contributed by atoms with Gasteiger partial charge in [0.25, 0.3) is 0 Å². The monoisotopic (exact) mass is 700 g/mol. The van der Waals surface area contributed by atoms with Crippen LogP contribution >= 0.6 is 0 Å². The maximum absolute atomic E-state index is 3.31. The third-order valence-corrected chi connectivity index (χ3v) is 12.5. The summed E-state index contributed by atoms with van der Waals surface area (Å²) in [7, 11) is 0. The fourth-order valence-electron chi connectivity index (χ4n) is 6.98. The number of hydrogen-bond acceptors (Lipinski definition) is 0. The van der Waals surface area contributed by atoms with Gasteiger partial charge in [-0.3, -0.25) is 0 Å². The van der Waals surface area contributed by atoms with Crippen molar-refractivity contribution in [3.05, 3.63) is 71.9 Å². The lowest BCUT2D eigenvalue weighted by Gasteiger charge is -2.34. The average molecular weight is 700 g/mol. The number of aromatic amines is 1. The first-order valence-corrected chi connectivity index (χ1v) is 21.1. The van der Waals surface area contributed by atoms with Crippen LogP contribution in [0.25, 0.3) is 10.9 Å². The number of aromatic nitrogens is 1. The van der Waals surface area contributed by atoms with Gasteiger partial charge in [-0.15, -0.1) is 0 Å². The molecular weight excluding hydrogens is 615 g/mol. The molecule has 1 N–H and O–H groups in total. The first kappa shape index (κ1) is 45.1. The Labute approximate surface area is 319 Å². The average Bonchev–Trinajstić information content (AvgIpc) is 3.41. The molecule has 51 heavy (non-hydrogen) atoms. The Kier molecular flexibility index (Phi) is 18.1. The molecule has 2 fully saturated rings. The van der Waals surface area contributed by atoms with E-state index in [0.29, 0.717) is 21.7 Å². The van der Waals surface area contributed by atoms with Crippen LogP contribution in [0.3, 0.4) is 0 Å². The van der Waals surface area contributed by atoms with Gasteiger partial charge < -0.3 is 4.98 Å². The minimum atomic E-state index is 0.352. The first-order chi connectivity index (χ1) is 23.6. The van der Waals surface area contributed by atoms with Crippen molar-refractivity contribution in [2.24, 2.45) is 51.2 Å². The molecule has 1 nitrogen and oxygen atoms in total. The molecule has 2 aromatic carbocycles. The lowest BCUT2D eigenvalue weighted by Crippen LogP contribution is -2.23. The second-order valence-corrected chi connectivity index (χ2v) is 21.4. The highest BCUT2D eigenvalue weighted by Crippen LogP contribution is 2.38. The first-order valence-electron chi connectivity index (χ1n) is 21.1. The van der Waals surface area contributed by atoms with Gasteiger partial charge in [0.1, 0.15) is 0 Å². The fourth-order valence-corrected chi connectivity index (χ4v) is 6.98. The fraction of sp³-hybridized carbons (Fsp3) is 0.720. The van der Waals surface area contributed by atoms with Crippen molar-refractivity contribution in [3.8, 4) is 0 Å². The molecule has 2 aliphatic rings. The van der Waals surface area contributed by atoms with Crippen molar-refractivity contribution >= 4 is 10.9 Å². The summed E-state index contributed by atoms with van der Waals surface area (Å²) < 4.78 is 0. The molecule has 1 heterocycles. The van der Waals surface area contributed by atoms with Crippen molar-refractivity contribution in [1.82, 2.24) is 4.98 Å². The van der Waals surface area contributed by atoms with Gasteiger partial charge in [-0.05, 0) is 94.1 Å². The summed E-state index contributed by atoms with van der Waals surface area (Å²) in [4.78, 5) is 3.31. The molecule has 2 aliphatic carbocycles. The third kappa shape index (κ3) is 18.0. The number of H-pyrrole nitrogens is 1. The van der Waals surface area contributed by atoms with E-state index in [9.17, 15) is 0 Å². The molecule has 2 saturated carbocycles. The molecule has 3 unspecified atom stereocenters. The molecule has 0 aliphatic heterocycles. The Bertz CT molecular complexity index is 1320. The van der Waals surface area contributed by atoms with E-state index in [1.807, 2.05) is 0 Å². The van der Waals surface area contributed by atoms with Crippen LogP contribution in [0.2, 0.25) is 0 Å². The van der Waals surface area contributed by atoms with E-state index in [1.165, 1.54) is 92.7 Å². The molecule has 5 rings (SSSR count). The topological polar surface area (TPSA) is 15.8 Å². The van der Waals surface area contributed by atoms with E-state index >= 15 is 0 Å². The SMILES string of the molecule is CC(C)(C)Cc1c[nH]c2ccccc12.CC(CC1CCC1)C(C)(C)C.CC(CC1CCCCC1)C(C)(C)C.CC(Cc1ccccc1)C(C)(C)C. The second-order valence-electron chi connectivity index (χ2n) is 21.4. The van der Waals surface area contributed by atoms with E-state index < -0.39 is 0 Å². The Morgan fingerprint density at radius 3 is 1.43 bits per heavy atom. The highest BCUT2D eigenvalue weighted by molar-refractivity contribution is 5.83. The van der Waals surface area contributed by atoms with Gasteiger partial charge in [-0.25, -0.2) is 0 Å². The van der Waals surface area contributed by atoms with Crippen LogP contribution < -0.4 is 0 Å². The summed E-state index contributed by atoms with van der Waals surface area (Å²) in [6.45, 7) is 35.1. The van der Waals surface area contributed by atoms with Crippen molar-refractivity contribution in [2.75, 3.05) is 0 Å². The van der Waals surface area contributed by atoms with Gasteiger partial charge in [0.2, 0.25) is 0 Å². The second kappa shape index (κ2) is 20.4. The van der Waals surface area contributed by atoms with E-state index in [4.69, 9.17) is 0 Å². The van der Waals surface area contributed by atoms with E-state index in [2.05, 4.69) is 170 Å². The van der Waals surface area contributed by atoms with E-state index in [-0.39, 0.29) is 0 Å². The largest absolute Gasteiger partial charge is 0.361 e. The van der Waals surface area contributed by atoms with Crippen LogP contribution in [0.1, 0.15) is 179 Å². The Hall–Kier alpha value is -2.02.